The predicted molar refractivity (Wildman–Crippen MR) is 82.7 cm³/mol. The lowest BCUT2D eigenvalue weighted by Gasteiger charge is -2.17. The SMILES string of the molecule is Cc1oc(-c2ccsc2)nc1CC(=O)N[C@@H](C(=O)O)C(C)C. The Morgan fingerprint density at radius 1 is 1.45 bits per heavy atom. The lowest BCUT2D eigenvalue weighted by atomic mass is 10.0. The number of hydrogen-bond acceptors (Lipinski definition) is 5. The van der Waals surface area contributed by atoms with Crippen molar-refractivity contribution in [3.8, 4) is 11.5 Å². The number of amides is 1. The van der Waals surface area contributed by atoms with E-state index in [9.17, 15) is 9.59 Å². The number of aromatic nitrogens is 1. The smallest absolute Gasteiger partial charge is 0.326 e. The number of carboxylic acids is 1. The molecule has 0 saturated carbocycles. The molecule has 0 aliphatic heterocycles. The molecule has 0 unspecified atom stereocenters. The molecule has 1 amide bonds. The van der Waals surface area contributed by atoms with E-state index >= 15 is 0 Å². The number of aryl methyl sites for hydroxylation is 1. The van der Waals surface area contributed by atoms with Crippen molar-refractivity contribution < 1.29 is 19.1 Å². The zero-order chi connectivity index (χ0) is 16.3. The quantitative estimate of drug-likeness (QED) is 0.852. The van der Waals surface area contributed by atoms with Gasteiger partial charge in [-0.3, -0.25) is 4.79 Å². The lowest BCUT2D eigenvalue weighted by Crippen LogP contribution is -2.45. The number of oxazole rings is 1. The fourth-order valence-corrected chi connectivity index (χ4v) is 2.62. The second-order valence-electron chi connectivity index (χ2n) is 5.34. The Kier molecular flexibility index (Phi) is 4.97. The molecule has 2 aromatic rings. The van der Waals surface area contributed by atoms with Crippen molar-refractivity contribution in [3.05, 3.63) is 28.3 Å². The maximum Gasteiger partial charge on any atom is 0.326 e. The van der Waals surface area contributed by atoms with Crippen molar-refractivity contribution in [1.29, 1.82) is 0 Å². The monoisotopic (exact) mass is 322 g/mol. The number of nitrogens with zero attached hydrogens (tertiary/aromatic N) is 1. The summed E-state index contributed by atoms with van der Waals surface area (Å²) in [6, 6.07) is 0.981. The normalized spacial score (nSPS) is 12.4. The van der Waals surface area contributed by atoms with E-state index in [1.165, 1.54) is 11.3 Å². The van der Waals surface area contributed by atoms with Gasteiger partial charge in [0.25, 0.3) is 0 Å². The van der Waals surface area contributed by atoms with E-state index in [1.807, 2.05) is 16.8 Å². The van der Waals surface area contributed by atoms with Gasteiger partial charge in [-0.15, -0.1) is 0 Å². The van der Waals surface area contributed by atoms with E-state index in [0.29, 0.717) is 17.3 Å². The molecule has 2 heterocycles. The first-order valence-electron chi connectivity index (χ1n) is 6.89. The van der Waals surface area contributed by atoms with Crippen LogP contribution in [-0.4, -0.2) is 28.0 Å². The number of rotatable bonds is 6. The molecular weight excluding hydrogens is 304 g/mol. The summed E-state index contributed by atoms with van der Waals surface area (Å²) in [5, 5.41) is 15.4. The fourth-order valence-electron chi connectivity index (χ4n) is 1.99. The fraction of sp³-hybridized carbons (Fsp3) is 0.400. The molecule has 0 aliphatic rings. The number of thiophene rings is 1. The molecule has 2 rings (SSSR count). The van der Waals surface area contributed by atoms with Gasteiger partial charge in [-0.2, -0.15) is 11.3 Å². The van der Waals surface area contributed by atoms with Gasteiger partial charge in [0.1, 0.15) is 11.8 Å². The Labute approximate surface area is 132 Å². The van der Waals surface area contributed by atoms with Gasteiger partial charge >= 0.3 is 5.97 Å². The second kappa shape index (κ2) is 6.74. The van der Waals surface area contributed by atoms with Crippen molar-refractivity contribution in [2.75, 3.05) is 0 Å². The lowest BCUT2D eigenvalue weighted by molar-refractivity contribution is -0.143. The highest BCUT2D eigenvalue weighted by molar-refractivity contribution is 7.08. The van der Waals surface area contributed by atoms with Crippen LogP contribution < -0.4 is 5.32 Å². The molecule has 22 heavy (non-hydrogen) atoms. The molecule has 118 valence electrons. The molecule has 0 saturated heterocycles. The van der Waals surface area contributed by atoms with E-state index in [0.717, 1.165) is 5.56 Å². The standard InChI is InChI=1S/C15H18N2O4S/c1-8(2)13(15(19)20)17-12(18)6-11-9(3)21-14(16-11)10-4-5-22-7-10/h4-5,7-8,13H,6H2,1-3H3,(H,17,18)(H,19,20)/t13-/m1/s1. The Bertz CT molecular complexity index is 661. The van der Waals surface area contributed by atoms with E-state index in [4.69, 9.17) is 9.52 Å². The summed E-state index contributed by atoms with van der Waals surface area (Å²) >= 11 is 1.53. The highest BCUT2D eigenvalue weighted by Gasteiger charge is 2.24. The van der Waals surface area contributed by atoms with Crippen molar-refractivity contribution in [2.45, 2.75) is 33.2 Å². The third-order valence-electron chi connectivity index (χ3n) is 3.24. The average Bonchev–Trinajstić information content (AvgIpc) is 3.06. The van der Waals surface area contributed by atoms with Crippen LogP contribution >= 0.6 is 11.3 Å². The molecule has 0 spiro atoms. The van der Waals surface area contributed by atoms with Crippen LogP contribution in [0.2, 0.25) is 0 Å². The van der Waals surface area contributed by atoms with Gasteiger partial charge in [0.2, 0.25) is 11.8 Å². The van der Waals surface area contributed by atoms with Gasteiger partial charge in [0, 0.05) is 10.9 Å². The zero-order valence-electron chi connectivity index (χ0n) is 12.6. The third kappa shape index (κ3) is 3.73. The molecule has 2 aromatic heterocycles. The molecule has 0 radical (unpaired) electrons. The van der Waals surface area contributed by atoms with Crippen LogP contribution in [0.4, 0.5) is 0 Å². The molecule has 0 bridgehead atoms. The number of carboxylic acid groups (broad SMARTS) is 1. The van der Waals surface area contributed by atoms with Crippen molar-refractivity contribution in [3.63, 3.8) is 0 Å². The van der Waals surface area contributed by atoms with E-state index in [-0.39, 0.29) is 18.2 Å². The van der Waals surface area contributed by atoms with Crippen molar-refractivity contribution in [2.24, 2.45) is 5.92 Å². The summed E-state index contributed by atoms with van der Waals surface area (Å²) in [5.41, 5.74) is 1.39. The van der Waals surface area contributed by atoms with Gasteiger partial charge in [-0.25, -0.2) is 9.78 Å². The highest BCUT2D eigenvalue weighted by atomic mass is 32.1. The first kappa shape index (κ1) is 16.2. The highest BCUT2D eigenvalue weighted by Crippen LogP contribution is 2.24. The molecule has 0 aromatic carbocycles. The second-order valence-corrected chi connectivity index (χ2v) is 6.12. The van der Waals surface area contributed by atoms with Crippen LogP contribution in [0.5, 0.6) is 0 Å². The Morgan fingerprint density at radius 2 is 2.18 bits per heavy atom. The molecule has 6 nitrogen and oxygen atoms in total. The Morgan fingerprint density at radius 3 is 2.73 bits per heavy atom. The molecule has 2 N–H and O–H groups in total. The first-order chi connectivity index (χ1) is 10.4. The Balaban J connectivity index is 2.07. The summed E-state index contributed by atoms with van der Waals surface area (Å²) in [6.07, 6.45) is -0.00400. The predicted octanol–water partition coefficient (Wildman–Crippen LogP) is 2.48. The van der Waals surface area contributed by atoms with Crippen LogP contribution in [-0.2, 0) is 16.0 Å². The number of hydrogen-bond donors (Lipinski definition) is 2. The van der Waals surface area contributed by atoms with Crippen LogP contribution in [0.25, 0.3) is 11.5 Å². The number of carbonyl (C=O) groups is 2. The summed E-state index contributed by atoms with van der Waals surface area (Å²) in [6.45, 7) is 5.23. The average molecular weight is 322 g/mol. The van der Waals surface area contributed by atoms with Crippen molar-refractivity contribution in [1.82, 2.24) is 10.3 Å². The third-order valence-corrected chi connectivity index (χ3v) is 3.92. The molecule has 0 aliphatic carbocycles. The number of carbonyl (C=O) groups excluding carboxylic acids is 1. The van der Waals surface area contributed by atoms with E-state index in [2.05, 4.69) is 10.3 Å². The molecule has 1 atom stereocenters. The summed E-state index contributed by atoms with van der Waals surface area (Å²) in [4.78, 5) is 27.5. The Hall–Kier alpha value is -2.15. The minimum atomic E-state index is -1.04. The minimum absolute atomic E-state index is 0.00400. The summed E-state index contributed by atoms with van der Waals surface area (Å²) in [7, 11) is 0. The first-order valence-corrected chi connectivity index (χ1v) is 7.83. The maximum absolute atomic E-state index is 12.0. The van der Waals surface area contributed by atoms with Crippen LogP contribution in [0.15, 0.2) is 21.2 Å². The van der Waals surface area contributed by atoms with Gasteiger partial charge in [-0.05, 0) is 24.3 Å². The van der Waals surface area contributed by atoms with Gasteiger partial charge in [-0.1, -0.05) is 13.8 Å². The minimum Gasteiger partial charge on any atom is -0.480 e. The van der Waals surface area contributed by atoms with Crippen molar-refractivity contribution >= 4 is 23.2 Å². The van der Waals surface area contributed by atoms with Gasteiger partial charge in [0.15, 0.2) is 0 Å². The van der Waals surface area contributed by atoms with Gasteiger partial charge in [0.05, 0.1) is 12.1 Å². The van der Waals surface area contributed by atoms with E-state index < -0.39 is 12.0 Å². The van der Waals surface area contributed by atoms with Gasteiger partial charge < -0.3 is 14.8 Å². The largest absolute Gasteiger partial charge is 0.480 e. The number of nitrogens with one attached hydrogen (secondary N) is 1. The molecule has 7 heteroatoms. The molecular formula is C15H18N2O4S. The summed E-state index contributed by atoms with van der Waals surface area (Å²) in [5.74, 6) is -0.581. The van der Waals surface area contributed by atoms with Crippen LogP contribution in [0.1, 0.15) is 25.3 Å². The summed E-state index contributed by atoms with van der Waals surface area (Å²) < 4.78 is 5.56. The van der Waals surface area contributed by atoms with Crippen LogP contribution in [0.3, 0.4) is 0 Å². The number of aliphatic carboxylic acids is 1. The van der Waals surface area contributed by atoms with Crippen LogP contribution in [0, 0.1) is 12.8 Å². The zero-order valence-corrected chi connectivity index (χ0v) is 13.4. The maximum atomic E-state index is 12.0. The van der Waals surface area contributed by atoms with E-state index in [1.54, 1.807) is 20.8 Å². The molecule has 0 fully saturated rings. The topological polar surface area (TPSA) is 92.4 Å².